The van der Waals surface area contributed by atoms with E-state index in [1.54, 1.807) is 12.4 Å². The van der Waals surface area contributed by atoms with Crippen LogP contribution in [0.5, 0.6) is 6.01 Å². The van der Waals surface area contributed by atoms with E-state index in [1.807, 2.05) is 20.8 Å². The number of hydrogen-bond donors (Lipinski definition) is 0. The lowest BCUT2D eigenvalue weighted by Crippen LogP contribution is -2.25. The fourth-order valence-electron chi connectivity index (χ4n) is 1.08. The highest BCUT2D eigenvalue weighted by Gasteiger charge is 2.19. The molecule has 0 bridgehead atoms. The summed E-state index contributed by atoms with van der Waals surface area (Å²) in [4.78, 5) is 8.13. The van der Waals surface area contributed by atoms with E-state index < -0.39 is 0 Å². The molecule has 1 fully saturated rings. The van der Waals surface area contributed by atoms with Crippen molar-refractivity contribution in [2.45, 2.75) is 46.1 Å². The van der Waals surface area contributed by atoms with Gasteiger partial charge in [0, 0.05) is 12.4 Å². The van der Waals surface area contributed by atoms with Crippen molar-refractivity contribution in [3.63, 3.8) is 0 Å². The Morgan fingerprint density at radius 1 is 1.21 bits per heavy atom. The number of ether oxygens (including phenoxy) is 1. The van der Waals surface area contributed by atoms with Crippen LogP contribution in [0.1, 0.15) is 38.7 Å². The van der Waals surface area contributed by atoms with Crippen LogP contribution < -0.4 is 4.74 Å². The van der Waals surface area contributed by atoms with Crippen molar-refractivity contribution in [1.82, 2.24) is 9.97 Å². The largest absolute Gasteiger partial charge is 0.460 e. The lowest BCUT2D eigenvalue weighted by Gasteiger charge is -2.24. The van der Waals surface area contributed by atoms with Crippen molar-refractivity contribution in [3.05, 3.63) is 18.0 Å². The summed E-state index contributed by atoms with van der Waals surface area (Å²) in [6.45, 7) is 5.97. The minimum Gasteiger partial charge on any atom is -0.460 e. The van der Waals surface area contributed by atoms with E-state index in [4.69, 9.17) is 4.74 Å². The van der Waals surface area contributed by atoms with Gasteiger partial charge in [0.2, 0.25) is 0 Å². The fourth-order valence-corrected chi connectivity index (χ4v) is 1.08. The van der Waals surface area contributed by atoms with Gasteiger partial charge >= 0.3 is 6.01 Å². The summed E-state index contributed by atoms with van der Waals surface area (Å²) >= 11 is 0. The number of aromatic nitrogens is 2. The highest BCUT2D eigenvalue weighted by atomic mass is 16.5. The summed E-state index contributed by atoms with van der Waals surface area (Å²) in [6, 6.07) is 0.519. The van der Waals surface area contributed by atoms with Crippen LogP contribution in [0, 0.1) is 6.92 Å². The van der Waals surface area contributed by atoms with Crippen LogP contribution in [0.15, 0.2) is 12.4 Å². The van der Waals surface area contributed by atoms with Crippen molar-refractivity contribution >= 4 is 0 Å². The molecule has 2 rings (SSSR count). The van der Waals surface area contributed by atoms with Gasteiger partial charge in [0.15, 0.2) is 0 Å². The zero-order chi connectivity index (χ0) is 10.4. The number of hydrogen-bond acceptors (Lipinski definition) is 3. The average molecular weight is 194 g/mol. The van der Waals surface area contributed by atoms with Gasteiger partial charge in [-0.1, -0.05) is 13.8 Å². The van der Waals surface area contributed by atoms with Crippen molar-refractivity contribution in [3.8, 4) is 6.01 Å². The number of aryl methyl sites for hydroxylation is 1. The van der Waals surface area contributed by atoms with Gasteiger partial charge in [0.25, 0.3) is 0 Å². The SMILES string of the molecule is CC.Cc1cnc(OC2CCC2)nc1. The second-order valence-corrected chi connectivity index (χ2v) is 3.21. The van der Waals surface area contributed by atoms with Crippen molar-refractivity contribution < 1.29 is 4.74 Å². The van der Waals surface area contributed by atoms with Crippen LogP contribution >= 0.6 is 0 Å². The zero-order valence-electron chi connectivity index (χ0n) is 9.16. The molecule has 0 spiro atoms. The van der Waals surface area contributed by atoms with Crippen LogP contribution in [-0.2, 0) is 0 Å². The van der Waals surface area contributed by atoms with Gasteiger partial charge in [-0.05, 0) is 31.7 Å². The van der Waals surface area contributed by atoms with Gasteiger partial charge in [-0.15, -0.1) is 0 Å². The first kappa shape index (κ1) is 11.0. The molecule has 0 amide bonds. The third-order valence-electron chi connectivity index (χ3n) is 2.08. The molecule has 1 aliphatic carbocycles. The first-order valence-corrected chi connectivity index (χ1v) is 5.30. The Hall–Kier alpha value is -1.12. The Kier molecular flexibility index (Phi) is 4.36. The normalized spacial score (nSPS) is 15.1. The van der Waals surface area contributed by atoms with E-state index >= 15 is 0 Å². The lowest BCUT2D eigenvalue weighted by molar-refractivity contribution is 0.108. The molecule has 0 aliphatic heterocycles. The standard InChI is InChI=1S/C9H12N2O.C2H6/c1-7-5-10-9(11-6-7)12-8-3-2-4-8;1-2/h5-6,8H,2-4H2,1H3;1-2H3. The molecule has 3 nitrogen and oxygen atoms in total. The Balaban J connectivity index is 0.000000461. The van der Waals surface area contributed by atoms with E-state index in [9.17, 15) is 0 Å². The summed E-state index contributed by atoms with van der Waals surface area (Å²) in [6.07, 6.45) is 7.50. The zero-order valence-corrected chi connectivity index (χ0v) is 9.16. The molecule has 0 N–H and O–H groups in total. The molecular weight excluding hydrogens is 176 g/mol. The first-order valence-electron chi connectivity index (χ1n) is 5.30. The molecular formula is C11H18N2O. The predicted molar refractivity (Wildman–Crippen MR) is 56.4 cm³/mol. The van der Waals surface area contributed by atoms with Crippen LogP contribution in [0.4, 0.5) is 0 Å². The average Bonchev–Trinajstić information content (AvgIpc) is 2.17. The Morgan fingerprint density at radius 2 is 1.79 bits per heavy atom. The van der Waals surface area contributed by atoms with Crippen molar-refractivity contribution in [2.24, 2.45) is 0 Å². The van der Waals surface area contributed by atoms with Gasteiger partial charge in [-0.25, -0.2) is 9.97 Å². The second-order valence-electron chi connectivity index (χ2n) is 3.21. The Labute approximate surface area is 85.5 Å². The topological polar surface area (TPSA) is 35.0 Å². The van der Waals surface area contributed by atoms with Crippen LogP contribution in [0.3, 0.4) is 0 Å². The third kappa shape index (κ3) is 2.98. The second kappa shape index (κ2) is 5.58. The monoisotopic (exact) mass is 194 g/mol. The highest BCUT2D eigenvalue weighted by Crippen LogP contribution is 2.22. The minimum atomic E-state index is 0.368. The molecule has 1 aliphatic rings. The third-order valence-corrected chi connectivity index (χ3v) is 2.08. The van der Waals surface area contributed by atoms with Crippen LogP contribution in [-0.4, -0.2) is 16.1 Å². The Bertz CT molecular complexity index is 254. The molecule has 0 radical (unpaired) electrons. The van der Waals surface area contributed by atoms with Gasteiger partial charge < -0.3 is 4.74 Å². The molecule has 0 saturated heterocycles. The van der Waals surface area contributed by atoms with Gasteiger partial charge in [-0.3, -0.25) is 0 Å². The molecule has 1 aromatic heterocycles. The van der Waals surface area contributed by atoms with Gasteiger partial charge in [0.05, 0.1) is 0 Å². The fraction of sp³-hybridized carbons (Fsp3) is 0.636. The molecule has 78 valence electrons. The molecule has 0 unspecified atom stereocenters. The summed E-state index contributed by atoms with van der Waals surface area (Å²) in [5.74, 6) is 0. The maximum absolute atomic E-state index is 5.48. The molecule has 1 heterocycles. The van der Waals surface area contributed by atoms with E-state index in [-0.39, 0.29) is 0 Å². The van der Waals surface area contributed by atoms with Crippen LogP contribution in [0.25, 0.3) is 0 Å². The molecule has 0 aromatic carbocycles. The lowest BCUT2D eigenvalue weighted by atomic mass is 9.96. The minimum absolute atomic E-state index is 0.368. The van der Waals surface area contributed by atoms with E-state index in [1.165, 1.54) is 6.42 Å². The highest BCUT2D eigenvalue weighted by molar-refractivity contribution is 5.05. The van der Waals surface area contributed by atoms with Crippen molar-refractivity contribution in [2.75, 3.05) is 0 Å². The predicted octanol–water partition coefficient (Wildman–Crippen LogP) is 2.74. The molecule has 0 atom stereocenters. The smallest absolute Gasteiger partial charge is 0.316 e. The Morgan fingerprint density at radius 3 is 2.21 bits per heavy atom. The number of nitrogens with zero attached hydrogens (tertiary/aromatic N) is 2. The summed E-state index contributed by atoms with van der Waals surface area (Å²) in [5, 5.41) is 0. The maximum atomic E-state index is 5.48. The van der Waals surface area contributed by atoms with E-state index in [0.717, 1.165) is 18.4 Å². The summed E-state index contributed by atoms with van der Waals surface area (Å²) in [5.41, 5.74) is 1.07. The summed E-state index contributed by atoms with van der Waals surface area (Å²) in [7, 11) is 0. The molecule has 14 heavy (non-hydrogen) atoms. The maximum Gasteiger partial charge on any atom is 0.316 e. The number of rotatable bonds is 2. The van der Waals surface area contributed by atoms with E-state index in [0.29, 0.717) is 12.1 Å². The van der Waals surface area contributed by atoms with Crippen molar-refractivity contribution in [1.29, 1.82) is 0 Å². The first-order chi connectivity index (χ1) is 6.84. The molecule has 1 saturated carbocycles. The molecule has 1 aromatic rings. The van der Waals surface area contributed by atoms with Gasteiger partial charge in [-0.2, -0.15) is 0 Å². The summed E-state index contributed by atoms with van der Waals surface area (Å²) < 4.78 is 5.48. The van der Waals surface area contributed by atoms with Gasteiger partial charge in [0.1, 0.15) is 6.10 Å². The molecule has 3 heteroatoms. The van der Waals surface area contributed by atoms with E-state index in [2.05, 4.69) is 9.97 Å². The van der Waals surface area contributed by atoms with Crippen LogP contribution in [0.2, 0.25) is 0 Å². The quantitative estimate of drug-likeness (QED) is 0.726.